The second kappa shape index (κ2) is 8.51. The summed E-state index contributed by atoms with van der Waals surface area (Å²) in [5.41, 5.74) is 1.14. The van der Waals surface area contributed by atoms with E-state index in [1.54, 1.807) is 43.3 Å². The Morgan fingerprint density at radius 1 is 1.18 bits per heavy atom. The predicted octanol–water partition coefficient (Wildman–Crippen LogP) is 2.85. The summed E-state index contributed by atoms with van der Waals surface area (Å²) >= 11 is 0. The van der Waals surface area contributed by atoms with Crippen molar-refractivity contribution in [2.45, 2.75) is 31.8 Å². The van der Waals surface area contributed by atoms with Crippen molar-refractivity contribution in [2.75, 3.05) is 30.0 Å². The third kappa shape index (κ3) is 4.18. The molecule has 10 heteroatoms. The summed E-state index contributed by atoms with van der Waals surface area (Å²) in [7, 11) is -2.71. The lowest BCUT2D eigenvalue weighted by Crippen LogP contribution is -2.47. The minimum Gasteiger partial charge on any atom is -0.475 e. The van der Waals surface area contributed by atoms with E-state index in [2.05, 4.69) is 4.40 Å². The normalized spacial score (nSPS) is 18.7. The van der Waals surface area contributed by atoms with E-state index < -0.39 is 28.0 Å². The van der Waals surface area contributed by atoms with Crippen molar-refractivity contribution >= 4 is 39.1 Å². The Morgan fingerprint density at radius 2 is 1.91 bits per heavy atom. The average Bonchev–Trinajstić information content (AvgIpc) is 2.79. The quantitative estimate of drug-likeness (QED) is 0.631. The maximum atomic E-state index is 13.5. The van der Waals surface area contributed by atoms with Crippen LogP contribution in [0.3, 0.4) is 0 Å². The van der Waals surface area contributed by atoms with Gasteiger partial charge in [-0.3, -0.25) is 4.79 Å². The van der Waals surface area contributed by atoms with Crippen LogP contribution in [0.4, 0.5) is 11.4 Å². The number of benzene rings is 2. The van der Waals surface area contributed by atoms with Crippen molar-refractivity contribution in [2.24, 2.45) is 10.3 Å². The highest BCUT2D eigenvalue weighted by Crippen LogP contribution is 2.36. The molecule has 0 radical (unpaired) electrons. The van der Waals surface area contributed by atoms with Gasteiger partial charge >= 0.3 is 5.97 Å². The molecular formula is C23H25N3O6S. The maximum Gasteiger partial charge on any atom is 0.348 e. The van der Waals surface area contributed by atoms with E-state index in [9.17, 15) is 18.0 Å². The lowest BCUT2D eigenvalue weighted by Gasteiger charge is -2.34. The van der Waals surface area contributed by atoms with Gasteiger partial charge in [-0.1, -0.05) is 26.0 Å². The summed E-state index contributed by atoms with van der Waals surface area (Å²) in [5.74, 6) is -0.0475. The Kier molecular flexibility index (Phi) is 5.87. The topological polar surface area (TPSA) is 106 Å². The first-order valence-corrected chi connectivity index (χ1v) is 11.9. The van der Waals surface area contributed by atoms with Gasteiger partial charge in [0, 0.05) is 12.1 Å². The van der Waals surface area contributed by atoms with Gasteiger partial charge in [-0.2, -0.15) is 8.42 Å². The minimum absolute atomic E-state index is 0.0225. The molecule has 2 heterocycles. The molecule has 0 fully saturated rings. The van der Waals surface area contributed by atoms with E-state index in [1.165, 1.54) is 18.1 Å². The van der Waals surface area contributed by atoms with E-state index in [-0.39, 0.29) is 22.9 Å². The van der Waals surface area contributed by atoms with Gasteiger partial charge in [0.25, 0.3) is 15.9 Å². The number of methoxy groups -OCH3 is 1. The Labute approximate surface area is 192 Å². The molecule has 33 heavy (non-hydrogen) atoms. The van der Waals surface area contributed by atoms with Crippen LogP contribution in [0.25, 0.3) is 0 Å². The first kappa shape index (κ1) is 22.8. The maximum absolute atomic E-state index is 13.5. The number of hydrogen-bond acceptors (Lipinski definition) is 7. The molecular weight excluding hydrogens is 446 g/mol. The number of para-hydroxylation sites is 2. The fourth-order valence-corrected chi connectivity index (χ4v) is 5.22. The molecule has 174 valence electrons. The number of amides is 1. The summed E-state index contributed by atoms with van der Waals surface area (Å²) in [6.45, 7) is 6.23. The summed E-state index contributed by atoms with van der Waals surface area (Å²) in [5, 5.41) is 0. The molecule has 2 aliphatic rings. The van der Waals surface area contributed by atoms with Gasteiger partial charge < -0.3 is 19.3 Å². The van der Waals surface area contributed by atoms with Crippen LogP contribution in [0.1, 0.15) is 31.1 Å². The third-order valence-electron chi connectivity index (χ3n) is 5.45. The van der Waals surface area contributed by atoms with Gasteiger partial charge in [0.05, 0.1) is 25.0 Å². The van der Waals surface area contributed by atoms with Crippen LogP contribution < -0.4 is 14.5 Å². The van der Waals surface area contributed by atoms with E-state index in [1.807, 2.05) is 18.7 Å². The first-order chi connectivity index (χ1) is 15.6. The van der Waals surface area contributed by atoms with E-state index in [0.29, 0.717) is 29.5 Å². The fourth-order valence-electron chi connectivity index (χ4n) is 3.96. The summed E-state index contributed by atoms with van der Waals surface area (Å²) in [6.07, 6.45) is -0.996. The first-order valence-electron chi connectivity index (χ1n) is 10.5. The number of nitrogens with zero attached hydrogens (tertiary/aromatic N) is 3. The second-order valence-corrected chi connectivity index (χ2v) is 9.89. The van der Waals surface area contributed by atoms with Gasteiger partial charge in [-0.25, -0.2) is 4.79 Å². The van der Waals surface area contributed by atoms with Gasteiger partial charge in [-0.05, 0) is 43.2 Å². The highest BCUT2D eigenvalue weighted by molar-refractivity contribution is 7.90. The zero-order valence-corrected chi connectivity index (χ0v) is 19.6. The summed E-state index contributed by atoms with van der Waals surface area (Å²) in [4.78, 5) is 28.9. The molecule has 2 aliphatic heterocycles. The van der Waals surface area contributed by atoms with Crippen LogP contribution in [0.15, 0.2) is 51.8 Å². The monoisotopic (exact) mass is 471 g/mol. The molecule has 0 unspecified atom stereocenters. The molecule has 2 aromatic rings. The number of carbonyl (C=O) groups is 2. The lowest BCUT2D eigenvalue weighted by atomic mass is 10.1. The SMILES string of the molecule is COC(=O)[C@@H]1CN(C(=O)c2ccc3c(c2)S(=O)(=O)N=C(C)N3CC(C)C)c2ccccc2O1. The molecule has 1 amide bonds. The molecule has 0 saturated carbocycles. The Morgan fingerprint density at radius 3 is 2.61 bits per heavy atom. The molecule has 9 nitrogen and oxygen atoms in total. The van der Waals surface area contributed by atoms with E-state index in [0.717, 1.165) is 0 Å². The number of rotatable bonds is 4. The number of ether oxygens (including phenoxy) is 2. The third-order valence-corrected chi connectivity index (χ3v) is 6.84. The van der Waals surface area contributed by atoms with E-state index in [4.69, 9.17) is 9.47 Å². The number of amidine groups is 1. The molecule has 4 rings (SSSR count). The van der Waals surface area contributed by atoms with Crippen molar-refractivity contribution < 1.29 is 27.5 Å². The number of sulfonamides is 1. The van der Waals surface area contributed by atoms with Gasteiger partial charge in [0.1, 0.15) is 16.5 Å². The van der Waals surface area contributed by atoms with Crippen LogP contribution in [-0.2, 0) is 19.6 Å². The van der Waals surface area contributed by atoms with Crippen LogP contribution in [0, 0.1) is 5.92 Å². The molecule has 2 aromatic carbocycles. The highest BCUT2D eigenvalue weighted by Gasteiger charge is 2.36. The number of esters is 1. The standard InChI is InChI=1S/C23H25N3O6S/c1-14(2)12-25-15(3)24-33(29,30)21-11-16(9-10-18(21)25)22(27)26-13-20(23(28)31-4)32-19-8-6-5-7-17(19)26/h5-11,14,20H,12-13H2,1-4H3/t20-/m0/s1. The van der Waals surface area contributed by atoms with Crippen LogP contribution >= 0.6 is 0 Å². The highest BCUT2D eigenvalue weighted by atomic mass is 32.2. The molecule has 0 aliphatic carbocycles. The number of hydrogen-bond donors (Lipinski definition) is 0. The van der Waals surface area contributed by atoms with Crippen LogP contribution in [-0.4, -0.2) is 52.4 Å². The number of fused-ring (bicyclic) bond motifs is 2. The van der Waals surface area contributed by atoms with Crippen molar-refractivity contribution in [3.8, 4) is 5.75 Å². The predicted molar refractivity (Wildman–Crippen MR) is 123 cm³/mol. The summed E-state index contributed by atoms with van der Waals surface area (Å²) < 4.78 is 40.0. The zero-order chi connectivity index (χ0) is 23.9. The fraction of sp³-hybridized carbons (Fsp3) is 0.348. The Bertz CT molecular complexity index is 1250. The minimum atomic E-state index is -3.96. The molecule has 0 saturated heterocycles. The molecule has 0 bridgehead atoms. The van der Waals surface area contributed by atoms with Gasteiger partial charge in [0.15, 0.2) is 0 Å². The largest absolute Gasteiger partial charge is 0.475 e. The van der Waals surface area contributed by atoms with Crippen molar-refractivity contribution in [3.63, 3.8) is 0 Å². The molecule has 0 aromatic heterocycles. The Balaban J connectivity index is 1.75. The second-order valence-electron chi connectivity index (χ2n) is 8.31. The van der Waals surface area contributed by atoms with Gasteiger partial charge in [-0.15, -0.1) is 4.40 Å². The Hall–Kier alpha value is -3.40. The summed E-state index contributed by atoms with van der Waals surface area (Å²) in [6, 6.07) is 11.4. The number of anilines is 2. The van der Waals surface area contributed by atoms with Crippen molar-refractivity contribution in [1.82, 2.24) is 0 Å². The smallest absolute Gasteiger partial charge is 0.348 e. The molecule has 0 spiro atoms. The van der Waals surface area contributed by atoms with Crippen LogP contribution in [0.2, 0.25) is 0 Å². The zero-order valence-electron chi connectivity index (χ0n) is 18.8. The van der Waals surface area contributed by atoms with Gasteiger partial charge in [0.2, 0.25) is 6.10 Å². The molecule has 0 N–H and O–H groups in total. The van der Waals surface area contributed by atoms with Crippen LogP contribution in [0.5, 0.6) is 5.75 Å². The number of carbonyl (C=O) groups excluding carboxylic acids is 2. The average molecular weight is 472 g/mol. The lowest BCUT2D eigenvalue weighted by molar-refractivity contribution is -0.148. The van der Waals surface area contributed by atoms with Crippen molar-refractivity contribution in [1.29, 1.82) is 0 Å². The van der Waals surface area contributed by atoms with E-state index >= 15 is 0 Å². The molecule has 1 atom stereocenters. The van der Waals surface area contributed by atoms with Crippen molar-refractivity contribution in [3.05, 3.63) is 48.0 Å².